The first kappa shape index (κ1) is 18.0. The van der Waals surface area contributed by atoms with Crippen LogP contribution in [0.4, 0.5) is 13.2 Å². The van der Waals surface area contributed by atoms with Crippen molar-refractivity contribution in [2.45, 2.75) is 64.6 Å². The molecule has 0 aliphatic heterocycles. The molecule has 0 aromatic carbocycles. The lowest BCUT2D eigenvalue weighted by molar-refractivity contribution is -0.138. The van der Waals surface area contributed by atoms with Crippen LogP contribution in [0.3, 0.4) is 0 Å². The highest BCUT2D eigenvalue weighted by molar-refractivity contribution is 5.29. The molecule has 0 radical (unpaired) electrons. The van der Waals surface area contributed by atoms with Gasteiger partial charge in [0.15, 0.2) is 0 Å². The van der Waals surface area contributed by atoms with Gasteiger partial charge in [0.05, 0.1) is 5.56 Å². The first-order valence-corrected chi connectivity index (χ1v) is 7.75. The van der Waals surface area contributed by atoms with Crippen LogP contribution in [0.2, 0.25) is 0 Å². The molecule has 1 N–H and O–H groups in total. The van der Waals surface area contributed by atoms with Gasteiger partial charge in [0.2, 0.25) is 0 Å². The van der Waals surface area contributed by atoms with Crippen molar-refractivity contribution < 1.29 is 13.2 Å². The van der Waals surface area contributed by atoms with Crippen LogP contribution in [-0.4, -0.2) is 11.5 Å². The van der Waals surface area contributed by atoms with Crippen molar-refractivity contribution in [3.8, 4) is 0 Å². The SMILES string of the molecule is CCCCCCCC(NCC)c1cnccc1C(F)(F)F. The van der Waals surface area contributed by atoms with Crippen molar-refractivity contribution in [3.05, 3.63) is 29.6 Å². The predicted molar refractivity (Wildman–Crippen MR) is 79.0 cm³/mol. The molecule has 0 bridgehead atoms. The van der Waals surface area contributed by atoms with E-state index in [1.807, 2.05) is 6.92 Å². The van der Waals surface area contributed by atoms with Crippen LogP contribution in [0.15, 0.2) is 18.5 Å². The van der Waals surface area contributed by atoms with E-state index in [1.165, 1.54) is 18.8 Å². The number of rotatable bonds is 9. The van der Waals surface area contributed by atoms with E-state index in [-0.39, 0.29) is 11.6 Å². The van der Waals surface area contributed by atoms with Gasteiger partial charge in [0, 0.05) is 18.4 Å². The van der Waals surface area contributed by atoms with Crippen molar-refractivity contribution >= 4 is 0 Å². The fourth-order valence-electron chi connectivity index (χ4n) is 2.51. The standard InChI is InChI=1S/C16H25F3N2/c1-3-5-6-7-8-9-15(21-4-2)13-12-20-11-10-14(13)16(17,18)19/h10-12,15,21H,3-9H2,1-2H3. The zero-order chi connectivity index (χ0) is 15.7. The maximum Gasteiger partial charge on any atom is 0.416 e. The molecule has 5 heteroatoms. The number of hydrogen-bond donors (Lipinski definition) is 1. The van der Waals surface area contributed by atoms with Gasteiger partial charge in [-0.3, -0.25) is 4.98 Å². The second kappa shape index (κ2) is 9.03. The first-order chi connectivity index (χ1) is 10.0. The number of nitrogens with one attached hydrogen (secondary N) is 1. The van der Waals surface area contributed by atoms with E-state index in [1.54, 1.807) is 0 Å². The summed E-state index contributed by atoms with van der Waals surface area (Å²) in [6.07, 6.45) is 4.44. The Kier molecular flexibility index (Phi) is 7.72. The lowest BCUT2D eigenvalue weighted by atomic mass is 9.97. The van der Waals surface area contributed by atoms with Crippen LogP contribution >= 0.6 is 0 Å². The number of halogens is 3. The van der Waals surface area contributed by atoms with Crippen LogP contribution in [0.5, 0.6) is 0 Å². The molecule has 1 unspecified atom stereocenters. The first-order valence-electron chi connectivity index (χ1n) is 7.75. The minimum absolute atomic E-state index is 0.266. The van der Waals surface area contributed by atoms with E-state index >= 15 is 0 Å². The Balaban J connectivity index is 2.76. The number of nitrogens with zero attached hydrogens (tertiary/aromatic N) is 1. The molecule has 0 amide bonds. The van der Waals surface area contributed by atoms with Gasteiger partial charge in [0.25, 0.3) is 0 Å². The summed E-state index contributed by atoms with van der Waals surface area (Å²) in [5.41, 5.74) is -0.306. The predicted octanol–water partition coefficient (Wildman–Crippen LogP) is 5.11. The molecular weight excluding hydrogens is 277 g/mol. The summed E-state index contributed by atoms with van der Waals surface area (Å²) in [5.74, 6) is 0. The highest BCUT2D eigenvalue weighted by atomic mass is 19.4. The highest BCUT2D eigenvalue weighted by Gasteiger charge is 2.35. The molecule has 0 saturated carbocycles. The average molecular weight is 302 g/mol. The molecule has 21 heavy (non-hydrogen) atoms. The normalized spacial score (nSPS) is 13.4. The third-order valence-electron chi connectivity index (χ3n) is 3.58. The monoisotopic (exact) mass is 302 g/mol. The molecule has 0 aliphatic carbocycles. The molecule has 1 atom stereocenters. The molecule has 0 saturated heterocycles. The summed E-state index contributed by atoms with van der Waals surface area (Å²) in [4.78, 5) is 3.88. The molecule has 0 spiro atoms. The molecule has 2 nitrogen and oxygen atoms in total. The fraction of sp³-hybridized carbons (Fsp3) is 0.688. The van der Waals surface area contributed by atoms with Crippen molar-refractivity contribution in [3.63, 3.8) is 0 Å². The molecule has 1 aromatic rings. The van der Waals surface area contributed by atoms with Gasteiger partial charge in [-0.15, -0.1) is 0 Å². The molecule has 1 aromatic heterocycles. The molecule has 1 rings (SSSR count). The maximum absolute atomic E-state index is 13.1. The molecule has 0 fully saturated rings. The molecular formula is C16H25F3N2. The van der Waals surface area contributed by atoms with Crippen molar-refractivity contribution in [2.24, 2.45) is 0 Å². The van der Waals surface area contributed by atoms with Gasteiger partial charge < -0.3 is 5.32 Å². The Morgan fingerprint density at radius 1 is 1.14 bits per heavy atom. The lowest BCUT2D eigenvalue weighted by Gasteiger charge is -2.22. The van der Waals surface area contributed by atoms with Crippen LogP contribution in [-0.2, 0) is 6.18 Å². The van der Waals surface area contributed by atoms with E-state index in [0.29, 0.717) is 13.0 Å². The zero-order valence-corrected chi connectivity index (χ0v) is 12.8. The average Bonchev–Trinajstić information content (AvgIpc) is 2.45. The molecule has 120 valence electrons. The van der Waals surface area contributed by atoms with E-state index in [4.69, 9.17) is 0 Å². The van der Waals surface area contributed by atoms with Gasteiger partial charge in [-0.1, -0.05) is 46.0 Å². The number of alkyl halides is 3. The van der Waals surface area contributed by atoms with Gasteiger partial charge >= 0.3 is 6.18 Å². The van der Waals surface area contributed by atoms with Crippen LogP contribution < -0.4 is 5.32 Å². The number of pyridine rings is 1. The summed E-state index contributed by atoms with van der Waals surface area (Å²) in [5, 5.41) is 3.16. The number of aromatic nitrogens is 1. The van der Waals surface area contributed by atoms with Gasteiger partial charge in [0.1, 0.15) is 0 Å². The van der Waals surface area contributed by atoms with Crippen molar-refractivity contribution in [1.82, 2.24) is 10.3 Å². The van der Waals surface area contributed by atoms with E-state index in [0.717, 1.165) is 31.7 Å². The lowest BCUT2D eigenvalue weighted by Crippen LogP contribution is -2.24. The van der Waals surface area contributed by atoms with E-state index < -0.39 is 11.7 Å². The largest absolute Gasteiger partial charge is 0.416 e. The number of unbranched alkanes of at least 4 members (excludes halogenated alkanes) is 4. The minimum atomic E-state index is -4.33. The smallest absolute Gasteiger partial charge is 0.310 e. The Hall–Kier alpha value is -1.10. The molecule has 1 heterocycles. The second-order valence-electron chi connectivity index (χ2n) is 5.27. The third kappa shape index (κ3) is 6.04. The summed E-state index contributed by atoms with van der Waals surface area (Å²) < 4.78 is 39.2. The van der Waals surface area contributed by atoms with Gasteiger partial charge in [-0.05, 0) is 24.6 Å². The van der Waals surface area contributed by atoms with Crippen LogP contribution in [0.25, 0.3) is 0 Å². The number of hydrogen-bond acceptors (Lipinski definition) is 2. The summed E-state index contributed by atoms with van der Waals surface area (Å²) >= 11 is 0. The Labute approximate surface area is 125 Å². The fourth-order valence-corrected chi connectivity index (χ4v) is 2.51. The Bertz CT molecular complexity index is 405. The maximum atomic E-state index is 13.1. The quantitative estimate of drug-likeness (QED) is 0.641. The van der Waals surface area contributed by atoms with Crippen LogP contribution in [0, 0.1) is 0 Å². The highest BCUT2D eigenvalue weighted by Crippen LogP contribution is 2.35. The Morgan fingerprint density at radius 3 is 2.48 bits per heavy atom. The van der Waals surface area contributed by atoms with E-state index in [2.05, 4.69) is 17.2 Å². The molecule has 0 aliphatic rings. The van der Waals surface area contributed by atoms with E-state index in [9.17, 15) is 13.2 Å². The third-order valence-corrected chi connectivity index (χ3v) is 3.58. The van der Waals surface area contributed by atoms with Gasteiger partial charge in [-0.25, -0.2) is 0 Å². The summed E-state index contributed by atoms with van der Waals surface area (Å²) in [6, 6.07) is 0.790. The van der Waals surface area contributed by atoms with Crippen molar-refractivity contribution in [2.75, 3.05) is 6.54 Å². The minimum Gasteiger partial charge on any atom is -0.310 e. The second-order valence-corrected chi connectivity index (χ2v) is 5.27. The van der Waals surface area contributed by atoms with Crippen LogP contribution in [0.1, 0.15) is 69.5 Å². The summed E-state index contributed by atoms with van der Waals surface area (Å²) in [6.45, 7) is 4.70. The van der Waals surface area contributed by atoms with Gasteiger partial charge in [-0.2, -0.15) is 13.2 Å². The summed E-state index contributed by atoms with van der Waals surface area (Å²) in [7, 11) is 0. The Morgan fingerprint density at radius 2 is 1.86 bits per heavy atom. The van der Waals surface area contributed by atoms with Crippen molar-refractivity contribution in [1.29, 1.82) is 0 Å². The zero-order valence-electron chi connectivity index (χ0n) is 12.8. The topological polar surface area (TPSA) is 24.9 Å².